The van der Waals surface area contributed by atoms with E-state index >= 15 is 0 Å². The van der Waals surface area contributed by atoms with Crippen LogP contribution in [0.5, 0.6) is 0 Å². The molecule has 1 aromatic heterocycles. The van der Waals surface area contributed by atoms with Crippen molar-refractivity contribution in [3.63, 3.8) is 0 Å². The summed E-state index contributed by atoms with van der Waals surface area (Å²) in [6.45, 7) is 0.378. The highest BCUT2D eigenvalue weighted by molar-refractivity contribution is 7.14. The van der Waals surface area contributed by atoms with Gasteiger partial charge in [0.15, 0.2) is 5.01 Å². The molecular formula is C10H8F3N3S. The molecule has 1 heterocycles. The molecule has 0 amide bonds. The van der Waals surface area contributed by atoms with E-state index < -0.39 is 17.5 Å². The van der Waals surface area contributed by atoms with Gasteiger partial charge in [-0.1, -0.05) is 11.3 Å². The number of aromatic nitrogens is 2. The van der Waals surface area contributed by atoms with Gasteiger partial charge in [0.05, 0.1) is 5.56 Å². The number of hydrogen-bond donors (Lipinski definition) is 1. The van der Waals surface area contributed by atoms with Gasteiger partial charge in [-0.25, -0.2) is 13.2 Å². The number of rotatable bonds is 3. The van der Waals surface area contributed by atoms with E-state index in [9.17, 15) is 13.2 Å². The Morgan fingerprint density at radius 2 is 1.76 bits per heavy atom. The minimum atomic E-state index is -0.988. The molecule has 0 aliphatic heterocycles. The summed E-state index contributed by atoms with van der Waals surface area (Å²) in [7, 11) is 0. The van der Waals surface area contributed by atoms with Crippen LogP contribution in [0.25, 0.3) is 10.6 Å². The average molecular weight is 259 g/mol. The molecule has 3 nitrogen and oxygen atoms in total. The Hall–Kier alpha value is -1.47. The molecule has 0 spiro atoms. The fraction of sp³-hybridized carbons (Fsp3) is 0.200. The maximum Gasteiger partial charge on any atom is 0.153 e. The van der Waals surface area contributed by atoms with Crippen molar-refractivity contribution in [3.8, 4) is 10.6 Å². The molecule has 2 N–H and O–H groups in total. The first-order valence-electron chi connectivity index (χ1n) is 4.79. The van der Waals surface area contributed by atoms with Gasteiger partial charge in [0.1, 0.15) is 22.5 Å². The van der Waals surface area contributed by atoms with E-state index in [2.05, 4.69) is 10.2 Å². The molecule has 0 saturated carbocycles. The second-order valence-corrected chi connectivity index (χ2v) is 4.35. The number of benzene rings is 1. The molecule has 90 valence electrons. The number of nitrogens with zero attached hydrogens (tertiary/aromatic N) is 2. The number of halogens is 3. The Bertz CT molecular complexity index is 518. The Labute approximate surface area is 99.1 Å². The molecule has 2 rings (SSSR count). The molecule has 17 heavy (non-hydrogen) atoms. The van der Waals surface area contributed by atoms with Crippen molar-refractivity contribution in [1.29, 1.82) is 0 Å². The molecule has 1 aromatic carbocycles. The minimum absolute atomic E-state index is 0.0865. The molecule has 7 heteroatoms. The molecule has 0 fully saturated rings. The minimum Gasteiger partial charge on any atom is -0.330 e. The average Bonchev–Trinajstić information content (AvgIpc) is 2.65. The smallest absolute Gasteiger partial charge is 0.153 e. The zero-order chi connectivity index (χ0) is 12.4. The van der Waals surface area contributed by atoms with Crippen LogP contribution in [-0.4, -0.2) is 16.7 Å². The molecule has 0 radical (unpaired) electrons. The largest absolute Gasteiger partial charge is 0.330 e. The van der Waals surface area contributed by atoms with Gasteiger partial charge in [-0.3, -0.25) is 0 Å². The normalized spacial score (nSPS) is 10.8. The van der Waals surface area contributed by atoms with Gasteiger partial charge in [-0.15, -0.1) is 10.2 Å². The molecule has 0 aliphatic carbocycles. The standard InChI is InChI=1S/C10H8F3N3S/c11-5-3-6(12)9(7(13)4-5)10-16-15-8(17-10)1-2-14/h3-4H,1-2,14H2. The van der Waals surface area contributed by atoms with E-state index in [-0.39, 0.29) is 10.6 Å². The molecular weight excluding hydrogens is 251 g/mol. The first-order chi connectivity index (χ1) is 8.11. The van der Waals surface area contributed by atoms with E-state index in [1.807, 2.05) is 0 Å². The summed E-state index contributed by atoms with van der Waals surface area (Å²) in [6, 6.07) is 1.23. The van der Waals surface area contributed by atoms with Crippen LogP contribution in [0.3, 0.4) is 0 Å². The highest BCUT2D eigenvalue weighted by Crippen LogP contribution is 2.29. The Balaban J connectivity index is 2.45. The summed E-state index contributed by atoms with van der Waals surface area (Å²) in [5.74, 6) is -2.94. The monoisotopic (exact) mass is 259 g/mol. The van der Waals surface area contributed by atoms with Crippen LogP contribution in [-0.2, 0) is 6.42 Å². The molecule has 0 atom stereocenters. The van der Waals surface area contributed by atoms with Crippen molar-refractivity contribution in [2.45, 2.75) is 6.42 Å². The maximum absolute atomic E-state index is 13.4. The molecule has 0 bridgehead atoms. The van der Waals surface area contributed by atoms with Crippen LogP contribution >= 0.6 is 11.3 Å². The summed E-state index contributed by atoms with van der Waals surface area (Å²) in [6.07, 6.45) is 0.488. The lowest BCUT2D eigenvalue weighted by Gasteiger charge is -2.00. The van der Waals surface area contributed by atoms with Crippen LogP contribution < -0.4 is 5.73 Å². The van der Waals surface area contributed by atoms with Crippen LogP contribution in [0.15, 0.2) is 12.1 Å². The van der Waals surface area contributed by atoms with Crippen molar-refractivity contribution in [2.75, 3.05) is 6.54 Å². The lowest BCUT2D eigenvalue weighted by atomic mass is 10.2. The number of nitrogens with two attached hydrogens (primary N) is 1. The lowest BCUT2D eigenvalue weighted by molar-refractivity contribution is 0.547. The van der Waals surface area contributed by atoms with Gasteiger partial charge < -0.3 is 5.73 Å². The van der Waals surface area contributed by atoms with Crippen LogP contribution in [0.2, 0.25) is 0 Å². The topological polar surface area (TPSA) is 51.8 Å². The van der Waals surface area contributed by atoms with Gasteiger partial charge in [-0.05, 0) is 6.54 Å². The third kappa shape index (κ3) is 2.45. The van der Waals surface area contributed by atoms with Crippen molar-refractivity contribution in [2.24, 2.45) is 5.73 Å². The van der Waals surface area contributed by atoms with E-state index in [1.165, 1.54) is 0 Å². The van der Waals surface area contributed by atoms with Gasteiger partial charge in [-0.2, -0.15) is 0 Å². The van der Waals surface area contributed by atoms with Crippen molar-refractivity contribution in [1.82, 2.24) is 10.2 Å². The Kier molecular flexibility index (Phi) is 3.39. The van der Waals surface area contributed by atoms with E-state index in [1.54, 1.807) is 0 Å². The van der Waals surface area contributed by atoms with Gasteiger partial charge in [0, 0.05) is 18.6 Å². The van der Waals surface area contributed by atoms with E-state index in [0.717, 1.165) is 11.3 Å². The molecule has 0 unspecified atom stereocenters. The zero-order valence-electron chi connectivity index (χ0n) is 8.58. The molecule has 0 saturated heterocycles. The fourth-order valence-corrected chi connectivity index (χ4v) is 2.23. The molecule has 0 aliphatic rings. The highest BCUT2D eigenvalue weighted by atomic mass is 32.1. The second kappa shape index (κ2) is 4.80. The summed E-state index contributed by atoms with van der Waals surface area (Å²) in [5.41, 5.74) is 4.97. The predicted octanol–water partition coefficient (Wildman–Crippen LogP) is 2.12. The third-order valence-electron chi connectivity index (χ3n) is 2.05. The summed E-state index contributed by atoms with van der Waals surface area (Å²) in [4.78, 5) is 0. The first kappa shape index (κ1) is 12.0. The predicted molar refractivity (Wildman–Crippen MR) is 58.0 cm³/mol. The maximum atomic E-state index is 13.4. The van der Waals surface area contributed by atoms with Gasteiger partial charge in [0.2, 0.25) is 0 Å². The SMILES string of the molecule is NCCc1nnc(-c2c(F)cc(F)cc2F)s1. The van der Waals surface area contributed by atoms with Gasteiger partial charge in [0.25, 0.3) is 0 Å². The Morgan fingerprint density at radius 1 is 1.12 bits per heavy atom. The Morgan fingerprint density at radius 3 is 2.35 bits per heavy atom. The third-order valence-corrected chi connectivity index (χ3v) is 3.05. The van der Waals surface area contributed by atoms with Crippen molar-refractivity contribution < 1.29 is 13.2 Å². The van der Waals surface area contributed by atoms with Crippen molar-refractivity contribution >= 4 is 11.3 Å². The summed E-state index contributed by atoms with van der Waals surface area (Å²) >= 11 is 1.04. The first-order valence-corrected chi connectivity index (χ1v) is 5.61. The van der Waals surface area contributed by atoms with Crippen LogP contribution in [0, 0.1) is 17.5 Å². The second-order valence-electron chi connectivity index (χ2n) is 3.28. The van der Waals surface area contributed by atoms with E-state index in [0.29, 0.717) is 30.1 Å². The molecule has 2 aromatic rings. The van der Waals surface area contributed by atoms with E-state index in [4.69, 9.17) is 5.73 Å². The zero-order valence-corrected chi connectivity index (χ0v) is 9.40. The van der Waals surface area contributed by atoms with Gasteiger partial charge >= 0.3 is 0 Å². The fourth-order valence-electron chi connectivity index (χ4n) is 1.33. The van der Waals surface area contributed by atoms with Crippen molar-refractivity contribution in [3.05, 3.63) is 34.6 Å². The van der Waals surface area contributed by atoms with Crippen LogP contribution in [0.1, 0.15) is 5.01 Å². The quantitative estimate of drug-likeness (QED) is 0.918. The number of hydrogen-bond acceptors (Lipinski definition) is 4. The lowest BCUT2D eigenvalue weighted by Crippen LogP contribution is -2.01. The summed E-state index contributed by atoms with van der Waals surface area (Å²) in [5, 5.41) is 8.09. The highest BCUT2D eigenvalue weighted by Gasteiger charge is 2.17. The summed E-state index contributed by atoms with van der Waals surface area (Å²) < 4.78 is 39.6. The van der Waals surface area contributed by atoms with Crippen LogP contribution in [0.4, 0.5) is 13.2 Å².